The molecule has 0 unspecified atom stereocenters. The van der Waals surface area contributed by atoms with Gasteiger partial charge in [0.05, 0.1) is 36.6 Å². The van der Waals surface area contributed by atoms with Crippen LogP contribution in [0.3, 0.4) is 0 Å². The third-order valence-electron chi connectivity index (χ3n) is 9.06. The van der Waals surface area contributed by atoms with Gasteiger partial charge in [-0.2, -0.15) is 0 Å². The summed E-state index contributed by atoms with van der Waals surface area (Å²) >= 11 is 0. The molecule has 51 heavy (non-hydrogen) atoms. The Kier molecular flexibility index (Phi) is 9.84. The van der Waals surface area contributed by atoms with Gasteiger partial charge in [-0.25, -0.2) is 0 Å². The van der Waals surface area contributed by atoms with Gasteiger partial charge in [-0.05, 0) is 71.3 Å². The van der Waals surface area contributed by atoms with Gasteiger partial charge < -0.3 is 25.0 Å². The third-order valence-corrected chi connectivity index (χ3v) is 9.06. The predicted molar refractivity (Wildman–Crippen MR) is 201 cm³/mol. The lowest BCUT2D eigenvalue weighted by atomic mass is 10.0. The Bertz CT molecular complexity index is 2170. The van der Waals surface area contributed by atoms with Crippen molar-refractivity contribution in [3.05, 3.63) is 138 Å². The molecule has 3 heterocycles. The molecule has 2 N–H and O–H groups in total. The van der Waals surface area contributed by atoms with Gasteiger partial charge in [0.25, 0.3) is 11.8 Å². The number of ether oxygens (including phenoxy) is 2. The first-order valence-corrected chi connectivity index (χ1v) is 16.8. The van der Waals surface area contributed by atoms with Gasteiger partial charge in [0.15, 0.2) is 11.5 Å². The largest absolute Gasteiger partial charge is 0.493 e. The molecule has 1 saturated heterocycles. The number of nitrogens with zero attached hydrogens (tertiary/aromatic N) is 4. The number of benzene rings is 4. The number of hydrogen-bond acceptors (Lipinski definition) is 8. The summed E-state index contributed by atoms with van der Waals surface area (Å²) < 4.78 is 11.0. The zero-order chi connectivity index (χ0) is 35.2. The van der Waals surface area contributed by atoms with E-state index in [9.17, 15) is 9.59 Å². The van der Waals surface area contributed by atoms with Crippen LogP contribution in [0.25, 0.3) is 22.0 Å². The fraction of sp³-hybridized carbons (Fsp3) is 0.171. The molecule has 0 atom stereocenters. The van der Waals surface area contributed by atoms with Crippen LogP contribution in [0, 0.1) is 0 Å². The van der Waals surface area contributed by atoms with E-state index < -0.39 is 11.8 Å². The SMILES string of the molecule is COc1cc(NC(=O)c2cnc3ccccc3c2)c(C(=O)Nc2ccc(N3CCN(Cc4cccc(-c5cccnc5)c4)CC3)cc2)cc1OC. The molecule has 0 aliphatic carbocycles. The first-order valence-electron chi connectivity index (χ1n) is 16.8. The number of methoxy groups -OCH3 is 2. The maximum Gasteiger partial charge on any atom is 0.257 e. The van der Waals surface area contributed by atoms with E-state index >= 15 is 0 Å². The number of amides is 2. The van der Waals surface area contributed by atoms with Crippen molar-refractivity contribution in [2.75, 3.05) is 55.9 Å². The topological polar surface area (TPSA) is 109 Å². The number of nitrogens with one attached hydrogen (secondary N) is 2. The van der Waals surface area contributed by atoms with Gasteiger partial charge in [0.1, 0.15) is 0 Å². The molecule has 4 aromatic carbocycles. The zero-order valence-electron chi connectivity index (χ0n) is 28.5. The van der Waals surface area contributed by atoms with E-state index in [1.165, 1.54) is 31.5 Å². The van der Waals surface area contributed by atoms with Crippen LogP contribution in [0.2, 0.25) is 0 Å². The predicted octanol–water partition coefficient (Wildman–Crippen LogP) is 7.14. The molecule has 10 nitrogen and oxygen atoms in total. The molecule has 0 saturated carbocycles. The summed E-state index contributed by atoms with van der Waals surface area (Å²) in [4.78, 5) is 40.5. The first-order chi connectivity index (χ1) is 25.0. The number of carbonyl (C=O) groups excluding carboxylic acids is 2. The number of pyridine rings is 2. The van der Waals surface area contributed by atoms with Crippen LogP contribution in [0.4, 0.5) is 17.1 Å². The molecule has 1 fully saturated rings. The van der Waals surface area contributed by atoms with Crippen LogP contribution in [0.1, 0.15) is 26.3 Å². The molecule has 2 amide bonds. The quantitative estimate of drug-likeness (QED) is 0.157. The highest BCUT2D eigenvalue weighted by molar-refractivity contribution is 6.13. The van der Waals surface area contributed by atoms with Crippen molar-refractivity contribution in [2.45, 2.75) is 6.54 Å². The number of carbonyl (C=O) groups is 2. The lowest BCUT2D eigenvalue weighted by molar-refractivity contribution is 0.102. The summed E-state index contributed by atoms with van der Waals surface area (Å²) in [5.74, 6) is -0.0681. The minimum atomic E-state index is -0.406. The maximum atomic E-state index is 13.7. The Hall–Kier alpha value is -6.26. The number of fused-ring (bicyclic) bond motifs is 1. The van der Waals surface area contributed by atoms with E-state index in [0.717, 1.165) is 54.9 Å². The highest BCUT2D eigenvalue weighted by atomic mass is 16.5. The molecular formula is C41H38N6O4. The normalized spacial score (nSPS) is 13.1. The van der Waals surface area contributed by atoms with Crippen molar-refractivity contribution in [3.8, 4) is 22.6 Å². The van der Waals surface area contributed by atoms with E-state index in [0.29, 0.717) is 22.7 Å². The van der Waals surface area contributed by atoms with E-state index in [2.05, 4.69) is 60.7 Å². The number of anilines is 3. The lowest BCUT2D eigenvalue weighted by Gasteiger charge is -2.36. The summed E-state index contributed by atoms with van der Waals surface area (Å²) in [7, 11) is 3.00. The fourth-order valence-electron chi connectivity index (χ4n) is 6.32. The lowest BCUT2D eigenvalue weighted by Crippen LogP contribution is -2.45. The van der Waals surface area contributed by atoms with E-state index in [-0.39, 0.29) is 11.3 Å². The second-order valence-corrected chi connectivity index (χ2v) is 12.3. The van der Waals surface area contributed by atoms with Gasteiger partial charge in [-0.3, -0.25) is 24.5 Å². The fourth-order valence-corrected chi connectivity index (χ4v) is 6.32. The summed E-state index contributed by atoms with van der Waals surface area (Å²) in [6.07, 6.45) is 5.21. The summed E-state index contributed by atoms with van der Waals surface area (Å²) in [6.45, 7) is 4.58. The van der Waals surface area contributed by atoms with Crippen LogP contribution < -0.4 is 25.0 Å². The van der Waals surface area contributed by atoms with Crippen molar-refractivity contribution >= 4 is 39.8 Å². The molecule has 6 aromatic rings. The smallest absolute Gasteiger partial charge is 0.257 e. The summed E-state index contributed by atoms with van der Waals surface area (Å²) in [5.41, 5.74) is 6.95. The second-order valence-electron chi connectivity index (χ2n) is 12.3. The first kappa shape index (κ1) is 33.2. The van der Waals surface area contributed by atoms with Gasteiger partial charge in [0.2, 0.25) is 0 Å². The molecular weight excluding hydrogens is 640 g/mol. The van der Waals surface area contributed by atoms with Crippen LogP contribution >= 0.6 is 0 Å². The van der Waals surface area contributed by atoms with Gasteiger partial charge >= 0.3 is 0 Å². The Morgan fingerprint density at radius 3 is 2.25 bits per heavy atom. The minimum absolute atomic E-state index is 0.223. The molecule has 7 rings (SSSR count). The molecule has 10 heteroatoms. The van der Waals surface area contributed by atoms with Crippen molar-refractivity contribution in [1.29, 1.82) is 0 Å². The molecule has 0 radical (unpaired) electrons. The van der Waals surface area contributed by atoms with Crippen LogP contribution in [0.5, 0.6) is 11.5 Å². The summed E-state index contributed by atoms with van der Waals surface area (Å²) in [6, 6.07) is 33.0. The average molecular weight is 679 g/mol. The Morgan fingerprint density at radius 1 is 0.725 bits per heavy atom. The highest BCUT2D eigenvalue weighted by Crippen LogP contribution is 2.34. The highest BCUT2D eigenvalue weighted by Gasteiger charge is 2.21. The molecule has 0 bridgehead atoms. The van der Waals surface area contributed by atoms with Crippen molar-refractivity contribution in [3.63, 3.8) is 0 Å². The van der Waals surface area contributed by atoms with Gasteiger partial charge in [0, 0.05) is 74.1 Å². The van der Waals surface area contributed by atoms with Gasteiger partial charge in [-0.1, -0.05) is 42.5 Å². The molecule has 0 spiro atoms. The van der Waals surface area contributed by atoms with Gasteiger partial charge in [-0.15, -0.1) is 0 Å². The molecule has 1 aliphatic heterocycles. The minimum Gasteiger partial charge on any atom is -0.493 e. The van der Waals surface area contributed by atoms with Crippen molar-refractivity contribution in [2.24, 2.45) is 0 Å². The van der Waals surface area contributed by atoms with E-state index in [1.807, 2.05) is 60.8 Å². The van der Waals surface area contributed by atoms with Crippen molar-refractivity contribution < 1.29 is 19.1 Å². The van der Waals surface area contributed by atoms with Crippen LogP contribution in [-0.4, -0.2) is 67.1 Å². The van der Waals surface area contributed by atoms with Crippen LogP contribution in [-0.2, 0) is 6.54 Å². The van der Waals surface area contributed by atoms with E-state index in [1.54, 1.807) is 24.4 Å². The number of piperazine rings is 1. The number of hydrogen-bond donors (Lipinski definition) is 2. The van der Waals surface area contributed by atoms with Crippen molar-refractivity contribution in [1.82, 2.24) is 14.9 Å². The third kappa shape index (κ3) is 7.66. The Balaban J connectivity index is 0.997. The molecule has 256 valence electrons. The Morgan fingerprint density at radius 2 is 1.49 bits per heavy atom. The average Bonchev–Trinajstić information content (AvgIpc) is 3.18. The number of para-hydroxylation sites is 1. The monoisotopic (exact) mass is 678 g/mol. The van der Waals surface area contributed by atoms with Crippen LogP contribution in [0.15, 0.2) is 122 Å². The number of aromatic nitrogens is 2. The maximum absolute atomic E-state index is 13.7. The Labute approximate surface area is 296 Å². The number of rotatable bonds is 10. The van der Waals surface area contributed by atoms with E-state index in [4.69, 9.17) is 9.47 Å². The second kappa shape index (κ2) is 15.1. The molecule has 1 aliphatic rings. The standard InChI is InChI=1S/C41H38N6O4/c1-50-38-23-35(37(24-39(38)51-2)45-40(48)32-22-30-8-3-4-11-36(30)43-26-32)41(49)44-33-12-14-34(15-13-33)47-19-17-46(18-20-47)27-28-7-5-9-29(21-28)31-10-6-16-42-25-31/h3-16,21-26H,17-20,27H2,1-2H3,(H,44,49)(H,45,48). The molecule has 2 aromatic heterocycles. The summed E-state index contributed by atoms with van der Waals surface area (Å²) in [5, 5.41) is 6.69. The zero-order valence-corrected chi connectivity index (χ0v) is 28.5.